The Bertz CT molecular complexity index is 1300. The second-order valence-corrected chi connectivity index (χ2v) is 9.17. The third kappa shape index (κ3) is 5.14. The summed E-state index contributed by atoms with van der Waals surface area (Å²) < 4.78 is 12.2. The minimum absolute atomic E-state index is 0.218. The number of fused-ring (bicyclic) bond motifs is 1. The Morgan fingerprint density at radius 2 is 1.94 bits per heavy atom. The number of aromatic nitrogens is 2. The predicted octanol–water partition coefficient (Wildman–Crippen LogP) is 3.55. The van der Waals surface area contributed by atoms with Crippen LogP contribution in [0.25, 0.3) is 11.7 Å². The summed E-state index contributed by atoms with van der Waals surface area (Å²) in [5, 5.41) is 3.26. The molecule has 0 atom stereocenters. The Kier molecular flexibility index (Phi) is 7.61. The van der Waals surface area contributed by atoms with Gasteiger partial charge in [0.2, 0.25) is 0 Å². The maximum absolute atomic E-state index is 13.4. The van der Waals surface area contributed by atoms with Crippen LogP contribution in [-0.4, -0.2) is 51.9 Å². The quantitative estimate of drug-likeness (QED) is 0.274. The molecule has 0 radical (unpaired) electrons. The number of methoxy groups -OCH3 is 2. The first-order chi connectivity index (χ1) is 16.5. The number of benzene rings is 1. The van der Waals surface area contributed by atoms with Crippen molar-refractivity contribution in [2.75, 3.05) is 32.7 Å². The van der Waals surface area contributed by atoms with Gasteiger partial charge in [0.05, 0.1) is 17.6 Å². The van der Waals surface area contributed by atoms with Crippen LogP contribution in [0, 0.1) is 0 Å². The number of nitrogens with zero attached hydrogens (tertiary/aromatic N) is 3. The first-order valence-corrected chi connectivity index (χ1v) is 11.9. The van der Waals surface area contributed by atoms with E-state index in [-0.39, 0.29) is 11.5 Å². The van der Waals surface area contributed by atoms with Crippen LogP contribution in [0.5, 0.6) is 5.75 Å². The zero-order chi connectivity index (χ0) is 24.1. The van der Waals surface area contributed by atoms with E-state index in [0.717, 1.165) is 11.3 Å². The number of anilines is 1. The lowest BCUT2D eigenvalue weighted by molar-refractivity contribution is -0.122. The third-order valence-electron chi connectivity index (χ3n) is 5.27. The highest BCUT2D eigenvalue weighted by molar-refractivity contribution is 8.26. The van der Waals surface area contributed by atoms with Gasteiger partial charge in [0, 0.05) is 33.0 Å². The molecule has 10 heteroatoms. The first-order valence-electron chi connectivity index (χ1n) is 10.6. The van der Waals surface area contributed by atoms with Gasteiger partial charge in [-0.2, -0.15) is 0 Å². The van der Waals surface area contributed by atoms with Crippen molar-refractivity contribution in [3.63, 3.8) is 0 Å². The molecule has 34 heavy (non-hydrogen) atoms. The lowest BCUT2D eigenvalue weighted by Crippen LogP contribution is -2.29. The predicted molar refractivity (Wildman–Crippen MR) is 138 cm³/mol. The van der Waals surface area contributed by atoms with Gasteiger partial charge >= 0.3 is 0 Å². The van der Waals surface area contributed by atoms with Gasteiger partial charge in [-0.05, 0) is 42.3 Å². The van der Waals surface area contributed by atoms with Crippen LogP contribution >= 0.6 is 24.0 Å². The monoisotopic (exact) mass is 496 g/mol. The van der Waals surface area contributed by atoms with Gasteiger partial charge in [-0.1, -0.05) is 42.2 Å². The summed E-state index contributed by atoms with van der Waals surface area (Å²) in [6.07, 6.45) is 3.91. The Labute approximate surface area is 206 Å². The molecular weight excluding hydrogens is 472 g/mol. The van der Waals surface area contributed by atoms with E-state index in [2.05, 4.69) is 10.3 Å². The van der Waals surface area contributed by atoms with Gasteiger partial charge in [0.15, 0.2) is 0 Å². The van der Waals surface area contributed by atoms with Gasteiger partial charge < -0.3 is 14.8 Å². The summed E-state index contributed by atoms with van der Waals surface area (Å²) in [4.78, 5) is 32.9. The fourth-order valence-electron chi connectivity index (χ4n) is 3.49. The Hall–Kier alpha value is -3.21. The average molecular weight is 497 g/mol. The van der Waals surface area contributed by atoms with Crippen molar-refractivity contribution in [2.24, 2.45) is 0 Å². The molecule has 0 saturated carbocycles. The van der Waals surface area contributed by atoms with Gasteiger partial charge in [-0.25, -0.2) is 4.98 Å². The van der Waals surface area contributed by atoms with E-state index in [1.807, 2.05) is 30.3 Å². The van der Waals surface area contributed by atoms with E-state index in [1.54, 1.807) is 43.5 Å². The maximum Gasteiger partial charge on any atom is 0.267 e. The number of rotatable bonds is 9. The minimum Gasteiger partial charge on any atom is -0.497 e. The van der Waals surface area contributed by atoms with Crippen LogP contribution in [0.2, 0.25) is 0 Å². The van der Waals surface area contributed by atoms with Gasteiger partial charge in [-0.15, -0.1) is 0 Å². The number of carbonyl (C=O) groups is 1. The lowest BCUT2D eigenvalue weighted by Gasteiger charge is -2.13. The number of hydrogen-bond donors (Lipinski definition) is 1. The van der Waals surface area contributed by atoms with E-state index in [4.69, 9.17) is 21.7 Å². The second kappa shape index (κ2) is 10.8. The molecule has 1 N–H and O–H groups in total. The summed E-state index contributed by atoms with van der Waals surface area (Å²) >= 11 is 6.59. The fourth-order valence-corrected chi connectivity index (χ4v) is 4.78. The molecule has 3 heterocycles. The molecule has 0 unspecified atom stereocenters. The number of thioether (sulfide) groups is 1. The van der Waals surface area contributed by atoms with Crippen molar-refractivity contribution in [1.29, 1.82) is 0 Å². The highest BCUT2D eigenvalue weighted by Crippen LogP contribution is 2.33. The summed E-state index contributed by atoms with van der Waals surface area (Å²) in [6, 6.07) is 13.0. The smallest absolute Gasteiger partial charge is 0.267 e. The topological polar surface area (TPSA) is 85.2 Å². The first kappa shape index (κ1) is 23.9. The molecule has 3 aromatic rings. The normalized spacial score (nSPS) is 14.9. The molecule has 8 nitrogen and oxygen atoms in total. The largest absolute Gasteiger partial charge is 0.497 e. The molecule has 1 aliphatic heterocycles. The van der Waals surface area contributed by atoms with Gasteiger partial charge in [-0.3, -0.25) is 18.9 Å². The summed E-state index contributed by atoms with van der Waals surface area (Å²) in [6.45, 7) is 1.44. The summed E-state index contributed by atoms with van der Waals surface area (Å²) in [5.74, 6) is 0.945. The van der Waals surface area contributed by atoms with Gasteiger partial charge in [0.1, 0.15) is 21.5 Å². The van der Waals surface area contributed by atoms with Crippen LogP contribution < -0.4 is 15.6 Å². The molecule has 0 bridgehead atoms. The van der Waals surface area contributed by atoms with E-state index >= 15 is 0 Å². The zero-order valence-electron chi connectivity index (χ0n) is 18.8. The Morgan fingerprint density at radius 1 is 1.15 bits per heavy atom. The number of nitrogens with one attached hydrogen (secondary N) is 1. The zero-order valence-corrected chi connectivity index (χ0v) is 20.4. The highest BCUT2D eigenvalue weighted by Gasteiger charge is 2.32. The van der Waals surface area contributed by atoms with Crippen LogP contribution in [0.4, 0.5) is 5.82 Å². The average Bonchev–Trinajstić information content (AvgIpc) is 3.12. The fraction of sp³-hybridized carbons (Fsp3) is 0.250. The molecule has 1 aromatic carbocycles. The molecule has 176 valence electrons. The van der Waals surface area contributed by atoms with Crippen LogP contribution in [0.3, 0.4) is 0 Å². The van der Waals surface area contributed by atoms with Crippen molar-refractivity contribution >= 4 is 51.7 Å². The molecular formula is C24H24N4O4S2. The SMILES string of the molecule is COCCCN1C(=O)C(=Cc2c(NCc3ccc(OC)cc3)nc3ccccn3c2=O)SC1=S. The Morgan fingerprint density at radius 3 is 2.68 bits per heavy atom. The molecule has 1 fully saturated rings. The van der Waals surface area contributed by atoms with Crippen molar-refractivity contribution in [2.45, 2.75) is 13.0 Å². The second-order valence-electron chi connectivity index (χ2n) is 7.49. The van der Waals surface area contributed by atoms with E-state index in [9.17, 15) is 9.59 Å². The van der Waals surface area contributed by atoms with Gasteiger partial charge in [0.25, 0.3) is 11.5 Å². The minimum atomic E-state index is -0.271. The van der Waals surface area contributed by atoms with E-state index < -0.39 is 0 Å². The van der Waals surface area contributed by atoms with Crippen LogP contribution in [0.15, 0.2) is 58.4 Å². The number of thiocarbonyl (C=S) groups is 1. The van der Waals surface area contributed by atoms with Crippen molar-refractivity contribution in [3.05, 3.63) is 75.0 Å². The Balaban J connectivity index is 1.68. The number of amides is 1. The standard InChI is InChI=1S/C24H24N4O4S2/c1-31-13-5-12-28-23(30)19(34-24(28)33)14-18-21(25-15-16-7-9-17(32-2)10-8-16)26-20-6-3-4-11-27(20)22(18)29/h3-4,6-11,14,25H,5,12-13,15H2,1-2H3. The number of pyridine rings is 1. The molecule has 0 aliphatic carbocycles. The summed E-state index contributed by atoms with van der Waals surface area (Å²) in [5.41, 5.74) is 1.53. The molecule has 2 aromatic heterocycles. The molecule has 1 aliphatic rings. The summed E-state index contributed by atoms with van der Waals surface area (Å²) in [7, 11) is 3.23. The number of carbonyl (C=O) groups excluding carboxylic acids is 1. The maximum atomic E-state index is 13.4. The van der Waals surface area contributed by atoms with E-state index in [1.165, 1.54) is 16.2 Å². The third-order valence-corrected chi connectivity index (χ3v) is 6.65. The van der Waals surface area contributed by atoms with Crippen LogP contribution in [-0.2, 0) is 16.1 Å². The molecule has 4 rings (SSSR count). The highest BCUT2D eigenvalue weighted by atomic mass is 32.2. The number of ether oxygens (including phenoxy) is 2. The molecule has 1 amide bonds. The van der Waals surface area contributed by atoms with E-state index in [0.29, 0.717) is 52.4 Å². The molecule has 1 saturated heterocycles. The number of hydrogen-bond acceptors (Lipinski definition) is 8. The van der Waals surface area contributed by atoms with Crippen molar-refractivity contribution in [1.82, 2.24) is 14.3 Å². The molecule has 0 spiro atoms. The van der Waals surface area contributed by atoms with Crippen molar-refractivity contribution in [3.8, 4) is 5.75 Å². The van der Waals surface area contributed by atoms with Crippen LogP contribution in [0.1, 0.15) is 17.5 Å². The lowest BCUT2D eigenvalue weighted by atomic mass is 10.2. The van der Waals surface area contributed by atoms with Crippen molar-refractivity contribution < 1.29 is 14.3 Å².